The molecule has 2 aromatic carbocycles. The molecular weight excluding hydrogens is 677 g/mol. The third-order valence-electron chi connectivity index (χ3n) is 11.9. The summed E-state index contributed by atoms with van der Waals surface area (Å²) in [5.41, 5.74) is 2.79. The number of aromatic nitrogens is 2. The molecule has 278 valence electrons. The Bertz CT molecular complexity index is 2000. The number of fused-ring (bicyclic) bond motifs is 3. The fourth-order valence-electron chi connectivity index (χ4n) is 8.30. The Morgan fingerprint density at radius 2 is 1.87 bits per heavy atom. The summed E-state index contributed by atoms with van der Waals surface area (Å²) in [6.45, 7) is 8.05. The van der Waals surface area contributed by atoms with Gasteiger partial charge in [-0.25, -0.2) is 8.42 Å². The average molecular weight is 729 g/mol. The summed E-state index contributed by atoms with van der Waals surface area (Å²) in [6.07, 6.45) is 9.95. The zero-order chi connectivity index (χ0) is 36.8. The van der Waals surface area contributed by atoms with Crippen LogP contribution in [0.4, 0.5) is 0 Å². The van der Waals surface area contributed by atoms with E-state index >= 15 is 0 Å². The number of allylic oxidation sites excluding steroid dienone is 2. The van der Waals surface area contributed by atoms with Gasteiger partial charge in [0.25, 0.3) is 6.01 Å². The Labute approximate surface area is 307 Å². The molecule has 11 heteroatoms. The number of hydrogen-bond donors (Lipinski definition) is 1. The number of para-hydroxylation sites is 2. The van der Waals surface area contributed by atoms with Gasteiger partial charge in [0.1, 0.15) is 6.10 Å². The van der Waals surface area contributed by atoms with Gasteiger partial charge in [-0.05, 0) is 96.3 Å². The molecule has 10 nitrogen and oxygen atoms in total. The molecule has 0 unspecified atom stereocenters. The monoisotopic (exact) mass is 728 g/mol. The number of aryl methyl sites for hydroxylation is 1. The second kappa shape index (κ2) is 14.1. The Morgan fingerprint density at radius 3 is 2.62 bits per heavy atom. The number of carbonyl (C=O) groups is 3. The number of sulfonamides is 1. The van der Waals surface area contributed by atoms with Crippen LogP contribution in [-0.2, 0) is 30.8 Å². The van der Waals surface area contributed by atoms with Crippen LogP contribution < -0.4 is 9.46 Å². The summed E-state index contributed by atoms with van der Waals surface area (Å²) in [5, 5.41) is 0. The zero-order valence-corrected chi connectivity index (χ0v) is 31.7. The smallest absolute Gasteiger partial charge is 0.297 e. The highest BCUT2D eigenvalue weighted by Crippen LogP contribution is 2.57. The third-order valence-corrected chi connectivity index (χ3v) is 14.0. The minimum absolute atomic E-state index is 0.0589. The van der Waals surface area contributed by atoms with Crippen LogP contribution >= 0.6 is 0 Å². The lowest BCUT2D eigenvalue weighted by atomic mass is 9.89. The molecule has 0 bridgehead atoms. The molecule has 52 heavy (non-hydrogen) atoms. The van der Waals surface area contributed by atoms with E-state index in [9.17, 15) is 22.8 Å². The molecule has 5 atom stereocenters. The van der Waals surface area contributed by atoms with Crippen molar-refractivity contribution in [2.75, 3.05) is 6.54 Å². The summed E-state index contributed by atoms with van der Waals surface area (Å²) in [5.74, 6) is -1.50. The van der Waals surface area contributed by atoms with Crippen LogP contribution in [0.15, 0.2) is 60.7 Å². The van der Waals surface area contributed by atoms with Crippen LogP contribution in [0.2, 0.25) is 0 Å². The van der Waals surface area contributed by atoms with Crippen molar-refractivity contribution in [3.8, 4) is 6.01 Å². The predicted octanol–water partition coefficient (Wildman–Crippen LogP) is 6.62. The Hall–Kier alpha value is -3.99. The number of imidazole rings is 1. The van der Waals surface area contributed by atoms with E-state index in [4.69, 9.17) is 9.72 Å². The molecule has 3 heterocycles. The molecule has 2 aliphatic carbocycles. The van der Waals surface area contributed by atoms with Gasteiger partial charge in [0.2, 0.25) is 21.8 Å². The van der Waals surface area contributed by atoms with E-state index in [1.54, 1.807) is 11.8 Å². The van der Waals surface area contributed by atoms with E-state index in [2.05, 4.69) is 36.8 Å². The van der Waals surface area contributed by atoms with Crippen molar-refractivity contribution < 1.29 is 27.5 Å². The van der Waals surface area contributed by atoms with Gasteiger partial charge in [-0.1, -0.05) is 67.0 Å². The van der Waals surface area contributed by atoms with E-state index in [-0.39, 0.29) is 49.0 Å². The van der Waals surface area contributed by atoms with Crippen molar-refractivity contribution in [2.24, 2.45) is 17.3 Å². The SMILES string of the molecule is Cc1cccc(C[C@H]2CCCCC/C=C\[C@H]3C[C@@]3(C(=O)NS(=O)(=O)C3(C)CC3)CC(=O)[C@@H]3C[C@@H](Oc4nc5ccccc5n4C(C)C)CN3C2=O)c1. The number of benzene rings is 2. The fraction of sp³-hybridized carbons (Fsp3) is 0.561. The Balaban J connectivity index is 1.21. The van der Waals surface area contributed by atoms with Crippen LogP contribution in [0.1, 0.15) is 102 Å². The maximum atomic E-state index is 14.8. The fourth-order valence-corrected chi connectivity index (χ4v) is 9.63. The van der Waals surface area contributed by atoms with E-state index < -0.39 is 38.2 Å². The van der Waals surface area contributed by atoms with Gasteiger partial charge in [0, 0.05) is 24.8 Å². The van der Waals surface area contributed by atoms with Crippen LogP contribution in [0.3, 0.4) is 0 Å². The molecule has 3 fully saturated rings. The maximum Gasteiger partial charge on any atom is 0.297 e. The quantitative estimate of drug-likeness (QED) is 0.259. The number of ether oxygens (including phenoxy) is 1. The van der Waals surface area contributed by atoms with Crippen molar-refractivity contribution >= 4 is 38.7 Å². The summed E-state index contributed by atoms with van der Waals surface area (Å²) in [6, 6.07) is 15.8. The highest BCUT2D eigenvalue weighted by atomic mass is 32.2. The molecule has 3 aromatic rings. The zero-order valence-electron chi connectivity index (χ0n) is 30.8. The first kappa shape index (κ1) is 36.4. The first-order valence-corrected chi connectivity index (χ1v) is 20.5. The van der Waals surface area contributed by atoms with E-state index in [0.717, 1.165) is 47.8 Å². The lowest BCUT2D eigenvalue weighted by Gasteiger charge is -2.29. The van der Waals surface area contributed by atoms with Gasteiger partial charge in [0.05, 0.1) is 33.8 Å². The predicted molar refractivity (Wildman–Crippen MR) is 200 cm³/mol. The Kier molecular flexibility index (Phi) is 9.86. The highest BCUT2D eigenvalue weighted by Gasteiger charge is 2.62. The van der Waals surface area contributed by atoms with Gasteiger partial charge in [0.15, 0.2) is 5.78 Å². The number of nitrogens with zero attached hydrogens (tertiary/aromatic N) is 3. The van der Waals surface area contributed by atoms with Crippen LogP contribution in [-0.4, -0.2) is 63.9 Å². The minimum atomic E-state index is -3.89. The number of carbonyl (C=O) groups excluding carboxylic acids is 3. The number of rotatable bonds is 8. The van der Waals surface area contributed by atoms with Gasteiger partial charge in [-0.2, -0.15) is 4.98 Å². The summed E-state index contributed by atoms with van der Waals surface area (Å²) in [7, 11) is -3.89. The average Bonchev–Trinajstić information content (AvgIpc) is 3.91. The molecular formula is C41H52N4O6S. The topological polar surface area (TPSA) is 128 Å². The number of Topliss-reactive ketones (excluding diaryl/α,β-unsaturated/α-hetero) is 1. The molecule has 1 aromatic heterocycles. The van der Waals surface area contributed by atoms with E-state index in [1.807, 2.05) is 54.0 Å². The molecule has 2 amide bonds. The highest BCUT2D eigenvalue weighted by molar-refractivity contribution is 7.91. The lowest BCUT2D eigenvalue weighted by Crippen LogP contribution is -2.47. The maximum absolute atomic E-state index is 14.8. The lowest BCUT2D eigenvalue weighted by molar-refractivity contribution is -0.142. The number of nitrogens with one attached hydrogen (secondary N) is 1. The molecule has 1 N–H and O–H groups in total. The molecule has 1 saturated heterocycles. The molecule has 2 aliphatic heterocycles. The summed E-state index contributed by atoms with van der Waals surface area (Å²) in [4.78, 5) is 49.8. The van der Waals surface area contributed by atoms with Crippen molar-refractivity contribution in [1.29, 1.82) is 0 Å². The normalized spacial score (nSPS) is 28.4. The molecule has 7 rings (SSSR count). The van der Waals surface area contributed by atoms with Gasteiger partial charge in [-0.15, -0.1) is 0 Å². The van der Waals surface area contributed by atoms with Crippen molar-refractivity contribution in [2.45, 2.75) is 121 Å². The molecule has 0 radical (unpaired) electrons. The summed E-state index contributed by atoms with van der Waals surface area (Å²) >= 11 is 0. The number of ketones is 1. The van der Waals surface area contributed by atoms with E-state index in [0.29, 0.717) is 38.1 Å². The third kappa shape index (κ3) is 7.17. The largest absolute Gasteiger partial charge is 0.459 e. The second-order valence-electron chi connectivity index (χ2n) is 16.3. The Morgan fingerprint density at radius 1 is 1.08 bits per heavy atom. The summed E-state index contributed by atoms with van der Waals surface area (Å²) < 4.78 is 36.5. The first-order chi connectivity index (χ1) is 24.8. The van der Waals surface area contributed by atoms with Crippen LogP contribution in [0.5, 0.6) is 6.01 Å². The first-order valence-electron chi connectivity index (χ1n) is 19.1. The molecule has 0 spiro atoms. The van der Waals surface area contributed by atoms with Gasteiger partial charge in [-0.3, -0.25) is 23.7 Å². The second-order valence-corrected chi connectivity index (χ2v) is 18.5. The van der Waals surface area contributed by atoms with Crippen LogP contribution in [0.25, 0.3) is 11.0 Å². The standard InChI is InChI=1S/C41H52N4O6S/c1-27(2)45-34-18-11-10-17-33(34)42-39(45)51-32-23-35-36(46)25-41(38(48)43-52(49,50)40(4)19-20-40)24-31(41)16-9-7-5-6-8-15-30(37(47)44(35)26-32)22-29-14-12-13-28(3)21-29/h9-14,16-18,21,27,30-32,35H,5-8,15,19-20,22-26H2,1-4H3,(H,43,48)/b16-9-/t30-,31+,32-,35+,41-/m1/s1. The van der Waals surface area contributed by atoms with Gasteiger partial charge >= 0.3 is 0 Å². The number of amides is 2. The van der Waals surface area contributed by atoms with Crippen molar-refractivity contribution in [1.82, 2.24) is 19.2 Å². The minimum Gasteiger partial charge on any atom is -0.459 e. The van der Waals surface area contributed by atoms with Crippen molar-refractivity contribution in [3.63, 3.8) is 0 Å². The van der Waals surface area contributed by atoms with Gasteiger partial charge < -0.3 is 9.64 Å². The molecule has 4 aliphatic rings. The van der Waals surface area contributed by atoms with Crippen molar-refractivity contribution in [3.05, 3.63) is 71.8 Å². The molecule has 2 saturated carbocycles. The number of hydrogen-bond acceptors (Lipinski definition) is 7. The van der Waals surface area contributed by atoms with E-state index in [1.165, 1.54) is 0 Å². The van der Waals surface area contributed by atoms with Crippen LogP contribution in [0, 0.1) is 24.2 Å².